The molecule has 1 aliphatic heterocycles. The highest BCUT2D eigenvalue weighted by molar-refractivity contribution is 6.98. The Bertz CT molecular complexity index is 1270. The lowest BCUT2D eigenvalue weighted by Gasteiger charge is -2.38. The van der Waals surface area contributed by atoms with Crippen LogP contribution < -0.4 is 0 Å². The largest absolute Gasteiger partial charge is 0.0866 e. The quantitative estimate of drug-likeness (QED) is 0.286. The second kappa shape index (κ2) is 8.61. The summed E-state index contributed by atoms with van der Waals surface area (Å²) in [5.74, 6) is 0. The van der Waals surface area contributed by atoms with Crippen molar-refractivity contribution < 1.29 is 0 Å². The van der Waals surface area contributed by atoms with Gasteiger partial charge in [0.15, 0.2) is 0 Å². The molecule has 0 amide bonds. The van der Waals surface area contributed by atoms with Gasteiger partial charge in [0.2, 0.25) is 0 Å². The molecule has 1 heterocycles. The van der Waals surface area contributed by atoms with Gasteiger partial charge in [0, 0.05) is 0 Å². The molecule has 4 aromatic rings. The van der Waals surface area contributed by atoms with Gasteiger partial charge in [-0.15, -0.1) is 0 Å². The molecule has 0 saturated heterocycles. The first kappa shape index (κ1) is 20.5. The Kier molecular flexibility index (Phi) is 5.51. The second-order valence-corrected chi connectivity index (χ2v) is 13.7. The van der Waals surface area contributed by atoms with Gasteiger partial charge in [-0.2, -0.15) is 0 Å². The number of hydrogen-bond donors (Lipinski definition) is 0. The Morgan fingerprint density at radius 3 is 1.28 bits per heavy atom. The van der Waals surface area contributed by atoms with Crippen LogP contribution in [0.4, 0.5) is 0 Å². The van der Waals surface area contributed by atoms with Crippen LogP contribution in [0.2, 0.25) is 19.1 Å². The van der Waals surface area contributed by atoms with Gasteiger partial charge < -0.3 is 0 Å². The van der Waals surface area contributed by atoms with Crippen molar-refractivity contribution >= 4 is 30.0 Å². The zero-order chi connectivity index (χ0) is 22.0. The van der Waals surface area contributed by atoms with Crippen LogP contribution in [0, 0.1) is 0 Å². The minimum Gasteiger partial charge on any atom is -0.0651 e. The third kappa shape index (κ3) is 3.81. The van der Waals surface area contributed by atoms with Crippen molar-refractivity contribution in [3.8, 4) is 0 Å². The smallest absolute Gasteiger partial charge is 0.0651 e. The van der Waals surface area contributed by atoms with Crippen LogP contribution in [0.15, 0.2) is 121 Å². The molecule has 0 aromatic heterocycles. The van der Waals surface area contributed by atoms with E-state index in [9.17, 15) is 0 Å². The van der Waals surface area contributed by atoms with E-state index in [1.807, 2.05) is 0 Å². The van der Waals surface area contributed by atoms with Gasteiger partial charge in [0.1, 0.15) is 0 Å². The average molecular weight is 429 g/mol. The van der Waals surface area contributed by atoms with Crippen LogP contribution in [-0.4, -0.2) is 8.07 Å². The summed E-state index contributed by atoms with van der Waals surface area (Å²) in [6, 6.07) is 45.1. The lowest BCUT2D eigenvalue weighted by atomic mass is 9.85. The maximum Gasteiger partial charge on any atom is 0.0866 e. The molecule has 1 heteroatoms. The SMILES string of the molecule is C[Si]1(C)CC(c2ccccc2)=C(c2ccccc2)C(c2ccccc2)=C1c1ccccc1. The van der Waals surface area contributed by atoms with Crippen LogP contribution in [-0.2, 0) is 0 Å². The van der Waals surface area contributed by atoms with E-state index in [1.165, 1.54) is 39.0 Å². The maximum absolute atomic E-state index is 2.53. The summed E-state index contributed by atoms with van der Waals surface area (Å²) < 4.78 is 0. The summed E-state index contributed by atoms with van der Waals surface area (Å²) in [6.07, 6.45) is 0. The molecular weight excluding hydrogens is 400 g/mol. The summed E-state index contributed by atoms with van der Waals surface area (Å²) in [6.45, 7) is 5.06. The van der Waals surface area contributed by atoms with Crippen molar-refractivity contribution in [2.75, 3.05) is 0 Å². The third-order valence-corrected chi connectivity index (χ3v) is 9.54. The predicted octanol–water partition coefficient (Wildman–Crippen LogP) is 8.47. The Labute approximate surface area is 192 Å². The molecule has 0 saturated carbocycles. The first-order valence-electron chi connectivity index (χ1n) is 11.3. The van der Waals surface area contributed by atoms with Crippen molar-refractivity contribution in [1.29, 1.82) is 0 Å². The van der Waals surface area contributed by atoms with Crippen molar-refractivity contribution in [1.82, 2.24) is 0 Å². The Hall–Kier alpha value is -3.42. The molecule has 5 rings (SSSR count). The van der Waals surface area contributed by atoms with Gasteiger partial charge in [-0.3, -0.25) is 0 Å². The molecule has 0 nitrogen and oxygen atoms in total. The van der Waals surface area contributed by atoms with Gasteiger partial charge in [0.25, 0.3) is 0 Å². The minimum absolute atomic E-state index is 1.13. The van der Waals surface area contributed by atoms with E-state index in [0.717, 1.165) is 6.04 Å². The van der Waals surface area contributed by atoms with Crippen LogP contribution in [0.1, 0.15) is 22.3 Å². The highest BCUT2D eigenvalue weighted by Gasteiger charge is 2.38. The summed E-state index contributed by atoms with van der Waals surface area (Å²) >= 11 is 0. The number of benzene rings is 4. The zero-order valence-corrected chi connectivity index (χ0v) is 19.8. The van der Waals surface area contributed by atoms with Crippen LogP contribution in [0.3, 0.4) is 0 Å². The molecule has 0 bridgehead atoms. The topological polar surface area (TPSA) is 0 Å². The Morgan fingerprint density at radius 1 is 0.438 bits per heavy atom. The van der Waals surface area contributed by atoms with E-state index >= 15 is 0 Å². The van der Waals surface area contributed by atoms with E-state index in [2.05, 4.69) is 134 Å². The average Bonchev–Trinajstić information content (AvgIpc) is 2.85. The van der Waals surface area contributed by atoms with E-state index < -0.39 is 8.07 Å². The minimum atomic E-state index is -1.81. The molecule has 0 atom stereocenters. The van der Waals surface area contributed by atoms with Gasteiger partial charge >= 0.3 is 0 Å². The lowest BCUT2D eigenvalue weighted by Crippen LogP contribution is -2.32. The van der Waals surface area contributed by atoms with Gasteiger partial charge in [-0.25, -0.2) is 0 Å². The summed E-state index contributed by atoms with van der Waals surface area (Å²) in [4.78, 5) is 0. The van der Waals surface area contributed by atoms with Gasteiger partial charge in [-0.1, -0.05) is 134 Å². The molecule has 32 heavy (non-hydrogen) atoms. The fourth-order valence-corrected chi connectivity index (χ4v) is 8.41. The Morgan fingerprint density at radius 2 is 0.812 bits per heavy atom. The molecule has 4 aromatic carbocycles. The van der Waals surface area contributed by atoms with Crippen molar-refractivity contribution in [2.24, 2.45) is 0 Å². The normalized spacial score (nSPS) is 15.7. The molecule has 0 N–H and O–H groups in total. The fraction of sp³-hybridized carbons (Fsp3) is 0.0968. The standard InChI is InChI=1S/C31H28Si/c1-32(2)23-28(24-15-7-3-8-16-24)29(25-17-9-4-10-18-25)30(26-19-11-5-12-20-26)31(32)27-21-13-6-14-22-27/h3-22H,23H2,1-2H3. The van der Waals surface area contributed by atoms with E-state index in [1.54, 1.807) is 5.20 Å². The van der Waals surface area contributed by atoms with Crippen LogP contribution in [0.25, 0.3) is 21.9 Å². The molecule has 0 unspecified atom stereocenters. The van der Waals surface area contributed by atoms with Gasteiger partial charge in [0.05, 0.1) is 8.07 Å². The molecule has 0 spiro atoms. The first-order chi connectivity index (χ1) is 15.6. The highest BCUT2D eigenvalue weighted by Crippen LogP contribution is 2.52. The maximum atomic E-state index is 2.53. The van der Waals surface area contributed by atoms with Crippen molar-refractivity contribution in [3.05, 3.63) is 144 Å². The van der Waals surface area contributed by atoms with Crippen molar-refractivity contribution in [3.63, 3.8) is 0 Å². The summed E-state index contributed by atoms with van der Waals surface area (Å²) in [5.41, 5.74) is 9.57. The summed E-state index contributed by atoms with van der Waals surface area (Å²) in [7, 11) is -1.81. The summed E-state index contributed by atoms with van der Waals surface area (Å²) in [5, 5.41) is 1.56. The van der Waals surface area contributed by atoms with Crippen LogP contribution in [0.5, 0.6) is 0 Å². The number of hydrogen-bond acceptors (Lipinski definition) is 0. The first-order valence-corrected chi connectivity index (χ1v) is 14.6. The highest BCUT2D eigenvalue weighted by atomic mass is 28.3. The number of rotatable bonds is 4. The zero-order valence-electron chi connectivity index (χ0n) is 18.8. The molecule has 0 aliphatic carbocycles. The molecule has 1 aliphatic rings. The molecule has 156 valence electrons. The predicted molar refractivity (Wildman–Crippen MR) is 142 cm³/mol. The van der Waals surface area contributed by atoms with E-state index in [0.29, 0.717) is 0 Å². The third-order valence-electron chi connectivity index (χ3n) is 6.41. The lowest BCUT2D eigenvalue weighted by molar-refractivity contribution is 1.46. The molecular formula is C31H28Si. The second-order valence-electron chi connectivity index (χ2n) is 9.13. The molecule has 0 radical (unpaired) electrons. The fourth-order valence-electron chi connectivity index (χ4n) is 5.08. The van der Waals surface area contributed by atoms with Crippen molar-refractivity contribution in [2.45, 2.75) is 19.1 Å². The number of allylic oxidation sites excluding steroid dienone is 3. The molecule has 0 fully saturated rings. The Balaban J connectivity index is 1.93. The monoisotopic (exact) mass is 428 g/mol. The van der Waals surface area contributed by atoms with E-state index in [-0.39, 0.29) is 0 Å². The van der Waals surface area contributed by atoms with Gasteiger partial charge in [-0.05, 0) is 50.2 Å². The van der Waals surface area contributed by atoms with Crippen LogP contribution >= 0.6 is 0 Å². The van der Waals surface area contributed by atoms with E-state index in [4.69, 9.17) is 0 Å².